The van der Waals surface area contributed by atoms with Crippen molar-refractivity contribution >= 4 is 29.0 Å². The second kappa shape index (κ2) is 9.43. The number of halogens is 1. The highest BCUT2D eigenvalue weighted by atomic mass is 35.5. The minimum atomic E-state index is -0.352. The van der Waals surface area contributed by atoms with Crippen LogP contribution in [0.4, 0.5) is 5.69 Å². The lowest BCUT2D eigenvalue weighted by Gasteiger charge is -2.11. The molecule has 33 heavy (non-hydrogen) atoms. The Morgan fingerprint density at radius 1 is 0.879 bits per heavy atom. The number of hydrogen-bond acceptors (Lipinski definition) is 3. The third-order valence-electron chi connectivity index (χ3n) is 5.72. The van der Waals surface area contributed by atoms with Crippen LogP contribution in [0.15, 0.2) is 72.8 Å². The number of rotatable bonds is 6. The molecule has 1 heterocycles. The molecule has 0 unspecified atom stereocenters. The summed E-state index contributed by atoms with van der Waals surface area (Å²) in [5.41, 5.74) is 5.69. The van der Waals surface area contributed by atoms with Crippen LogP contribution in [0.2, 0.25) is 5.02 Å². The summed E-state index contributed by atoms with van der Waals surface area (Å²) in [5.74, 6) is -0.587. The standard InChI is InChI=1S/C27H24ClN3O2/c1-17-8-4-5-9-21(17)16-31-19(3)25(18(2)30-31)29-27(33)24-11-7-6-10-23(24)26(32)20-12-14-22(28)15-13-20/h4-15H,16H2,1-3H3,(H,29,33). The first-order valence-electron chi connectivity index (χ1n) is 10.6. The number of carbonyl (C=O) groups is 2. The largest absolute Gasteiger partial charge is 0.319 e. The second-order valence-electron chi connectivity index (χ2n) is 7.97. The van der Waals surface area contributed by atoms with Crippen molar-refractivity contribution in [2.45, 2.75) is 27.3 Å². The normalized spacial score (nSPS) is 10.8. The molecule has 166 valence electrons. The van der Waals surface area contributed by atoms with Gasteiger partial charge in [-0.1, -0.05) is 54.1 Å². The molecule has 4 rings (SSSR count). The van der Waals surface area contributed by atoms with E-state index in [-0.39, 0.29) is 11.7 Å². The van der Waals surface area contributed by atoms with E-state index in [9.17, 15) is 9.59 Å². The van der Waals surface area contributed by atoms with Gasteiger partial charge in [-0.25, -0.2) is 0 Å². The zero-order valence-electron chi connectivity index (χ0n) is 18.7. The summed E-state index contributed by atoms with van der Waals surface area (Å²) in [4.78, 5) is 26.3. The van der Waals surface area contributed by atoms with Crippen molar-refractivity contribution in [1.29, 1.82) is 0 Å². The smallest absolute Gasteiger partial charge is 0.256 e. The van der Waals surface area contributed by atoms with E-state index >= 15 is 0 Å². The number of anilines is 1. The van der Waals surface area contributed by atoms with Crippen molar-refractivity contribution in [3.8, 4) is 0 Å². The highest BCUT2D eigenvalue weighted by molar-refractivity contribution is 6.30. The average molecular weight is 458 g/mol. The molecule has 0 atom stereocenters. The molecule has 0 saturated carbocycles. The molecule has 6 heteroatoms. The number of aromatic nitrogens is 2. The van der Waals surface area contributed by atoms with Crippen molar-refractivity contribution in [2.75, 3.05) is 5.32 Å². The molecule has 0 aliphatic heterocycles. The van der Waals surface area contributed by atoms with Crippen LogP contribution in [0.3, 0.4) is 0 Å². The molecular formula is C27H24ClN3O2. The first-order chi connectivity index (χ1) is 15.8. The number of hydrogen-bond donors (Lipinski definition) is 1. The Morgan fingerprint density at radius 3 is 2.21 bits per heavy atom. The van der Waals surface area contributed by atoms with Crippen molar-refractivity contribution in [1.82, 2.24) is 9.78 Å². The molecule has 1 aromatic heterocycles. The van der Waals surface area contributed by atoms with Crippen LogP contribution in [-0.4, -0.2) is 21.5 Å². The van der Waals surface area contributed by atoms with Crippen molar-refractivity contribution in [2.24, 2.45) is 0 Å². The fourth-order valence-corrected chi connectivity index (χ4v) is 3.92. The van der Waals surface area contributed by atoms with Crippen LogP contribution in [0, 0.1) is 20.8 Å². The predicted molar refractivity (Wildman–Crippen MR) is 131 cm³/mol. The van der Waals surface area contributed by atoms with Crippen molar-refractivity contribution in [3.05, 3.63) is 117 Å². The highest BCUT2D eigenvalue weighted by Crippen LogP contribution is 2.24. The van der Waals surface area contributed by atoms with Crippen molar-refractivity contribution in [3.63, 3.8) is 0 Å². The molecule has 1 amide bonds. The van der Waals surface area contributed by atoms with Gasteiger partial charge in [-0.2, -0.15) is 5.10 Å². The van der Waals surface area contributed by atoms with Gasteiger partial charge in [0.25, 0.3) is 5.91 Å². The van der Waals surface area contributed by atoms with Gasteiger partial charge in [-0.05, 0) is 62.2 Å². The predicted octanol–water partition coefficient (Wildman–Crippen LogP) is 5.99. The lowest BCUT2D eigenvalue weighted by Crippen LogP contribution is -2.18. The first-order valence-corrected chi connectivity index (χ1v) is 11.0. The molecule has 0 spiro atoms. The summed E-state index contributed by atoms with van der Waals surface area (Å²) >= 11 is 5.94. The van der Waals surface area contributed by atoms with Gasteiger partial charge in [0.05, 0.1) is 29.2 Å². The van der Waals surface area contributed by atoms with E-state index in [4.69, 9.17) is 11.6 Å². The van der Waals surface area contributed by atoms with Gasteiger partial charge < -0.3 is 5.32 Å². The summed E-state index contributed by atoms with van der Waals surface area (Å²) in [6.07, 6.45) is 0. The molecule has 4 aromatic rings. The Morgan fingerprint density at radius 2 is 1.52 bits per heavy atom. The fourth-order valence-electron chi connectivity index (χ4n) is 3.80. The lowest BCUT2D eigenvalue weighted by atomic mass is 9.98. The molecule has 0 saturated heterocycles. The number of amides is 1. The van der Waals surface area contributed by atoms with Gasteiger partial charge in [0, 0.05) is 16.1 Å². The maximum Gasteiger partial charge on any atom is 0.256 e. The number of carbonyl (C=O) groups excluding carboxylic acids is 2. The van der Waals surface area contributed by atoms with Crippen LogP contribution < -0.4 is 5.32 Å². The van der Waals surface area contributed by atoms with E-state index in [1.165, 1.54) is 11.1 Å². The van der Waals surface area contributed by atoms with Gasteiger partial charge in [-0.15, -0.1) is 0 Å². The van der Waals surface area contributed by atoms with Crippen LogP contribution in [-0.2, 0) is 6.54 Å². The first kappa shape index (κ1) is 22.5. The van der Waals surface area contributed by atoms with E-state index in [0.717, 1.165) is 11.4 Å². The molecule has 1 N–H and O–H groups in total. The van der Waals surface area contributed by atoms with Crippen LogP contribution in [0.1, 0.15) is 48.8 Å². The van der Waals surface area contributed by atoms with E-state index in [1.54, 1.807) is 48.5 Å². The molecule has 0 bridgehead atoms. The monoisotopic (exact) mass is 457 g/mol. The molecule has 3 aromatic carbocycles. The van der Waals surface area contributed by atoms with Gasteiger partial charge >= 0.3 is 0 Å². The number of nitrogens with zero attached hydrogens (tertiary/aromatic N) is 2. The Balaban J connectivity index is 1.61. The van der Waals surface area contributed by atoms with Crippen LogP contribution in [0.25, 0.3) is 0 Å². The zero-order valence-corrected chi connectivity index (χ0v) is 19.5. The summed E-state index contributed by atoms with van der Waals surface area (Å²) in [5, 5.41) is 8.15. The van der Waals surface area contributed by atoms with E-state index in [2.05, 4.69) is 29.5 Å². The quantitative estimate of drug-likeness (QED) is 0.361. The van der Waals surface area contributed by atoms with Crippen molar-refractivity contribution < 1.29 is 9.59 Å². The van der Waals surface area contributed by atoms with Gasteiger partial charge in [0.15, 0.2) is 5.78 Å². The van der Waals surface area contributed by atoms with Gasteiger partial charge in [0.1, 0.15) is 0 Å². The minimum absolute atomic E-state index is 0.235. The summed E-state index contributed by atoms with van der Waals surface area (Å²) in [6, 6.07) is 21.6. The number of nitrogens with one attached hydrogen (secondary N) is 1. The Kier molecular flexibility index (Phi) is 6.43. The van der Waals surface area contributed by atoms with Gasteiger partial charge in [-0.3, -0.25) is 14.3 Å². The Bertz CT molecular complexity index is 1340. The van der Waals surface area contributed by atoms with E-state index < -0.39 is 0 Å². The maximum absolute atomic E-state index is 13.2. The third-order valence-corrected chi connectivity index (χ3v) is 5.98. The van der Waals surface area contributed by atoms with Crippen LogP contribution in [0.5, 0.6) is 0 Å². The highest BCUT2D eigenvalue weighted by Gasteiger charge is 2.21. The Hall–Kier alpha value is -3.70. The third kappa shape index (κ3) is 4.73. The maximum atomic E-state index is 13.2. The lowest BCUT2D eigenvalue weighted by molar-refractivity contribution is 0.0996. The average Bonchev–Trinajstić information content (AvgIpc) is 3.08. The number of ketones is 1. The summed E-state index contributed by atoms with van der Waals surface area (Å²) < 4.78 is 1.89. The molecule has 0 aliphatic carbocycles. The zero-order chi connectivity index (χ0) is 23.5. The summed E-state index contributed by atoms with van der Waals surface area (Å²) in [6.45, 7) is 6.47. The van der Waals surface area contributed by atoms with Crippen LogP contribution >= 0.6 is 11.6 Å². The molecular weight excluding hydrogens is 434 g/mol. The molecule has 0 fully saturated rings. The van der Waals surface area contributed by atoms with E-state index in [0.29, 0.717) is 33.9 Å². The molecule has 0 radical (unpaired) electrons. The molecule has 5 nitrogen and oxygen atoms in total. The minimum Gasteiger partial charge on any atom is -0.319 e. The van der Waals surface area contributed by atoms with E-state index in [1.807, 2.05) is 30.7 Å². The number of benzene rings is 3. The summed E-state index contributed by atoms with van der Waals surface area (Å²) in [7, 11) is 0. The topological polar surface area (TPSA) is 64.0 Å². The van der Waals surface area contributed by atoms with Gasteiger partial charge in [0.2, 0.25) is 0 Å². The molecule has 0 aliphatic rings. The number of aryl methyl sites for hydroxylation is 2. The fraction of sp³-hybridized carbons (Fsp3) is 0.148. The Labute approximate surface area is 198 Å². The second-order valence-corrected chi connectivity index (χ2v) is 8.40. The SMILES string of the molecule is Cc1ccccc1Cn1nc(C)c(NC(=O)c2ccccc2C(=O)c2ccc(Cl)cc2)c1C.